The summed E-state index contributed by atoms with van der Waals surface area (Å²) in [5, 5.41) is 15.3. The van der Waals surface area contributed by atoms with Crippen LogP contribution in [-0.2, 0) is 32.6 Å². The first-order chi connectivity index (χ1) is 17.6. The number of aryl methyl sites for hydroxylation is 2. The highest BCUT2D eigenvalue weighted by Crippen LogP contribution is 2.35. The van der Waals surface area contributed by atoms with Gasteiger partial charge in [-0.25, -0.2) is 18.6 Å². The fourth-order valence-electron chi connectivity index (χ4n) is 4.32. The lowest BCUT2D eigenvalue weighted by Crippen LogP contribution is -2.49. The second-order valence-corrected chi connectivity index (χ2v) is 9.63. The number of halogens is 2. The summed E-state index contributed by atoms with van der Waals surface area (Å²) in [6, 6.07) is 5.06. The number of ether oxygens (including phenoxy) is 2. The average molecular weight is 520 g/mol. The minimum Gasteiger partial charge on any atom is -0.496 e. The van der Waals surface area contributed by atoms with E-state index in [1.165, 1.54) is 32.6 Å². The molecule has 0 unspecified atom stereocenters. The van der Waals surface area contributed by atoms with Crippen LogP contribution in [-0.4, -0.2) is 54.9 Å². The minimum absolute atomic E-state index is 0.00360. The van der Waals surface area contributed by atoms with Gasteiger partial charge in [-0.05, 0) is 69.7 Å². The molecule has 0 aliphatic carbocycles. The second-order valence-electron chi connectivity index (χ2n) is 9.63. The third kappa shape index (κ3) is 7.15. The van der Waals surface area contributed by atoms with Gasteiger partial charge in [0.2, 0.25) is 5.91 Å². The van der Waals surface area contributed by atoms with Crippen molar-refractivity contribution >= 4 is 17.7 Å². The second kappa shape index (κ2) is 12.8. The molecule has 1 aliphatic rings. The van der Waals surface area contributed by atoms with Crippen molar-refractivity contribution in [3.05, 3.63) is 52.7 Å². The number of aromatic nitrogens is 1. The molecular weight excluding hydrogens is 484 g/mol. The summed E-state index contributed by atoms with van der Waals surface area (Å²) in [7, 11) is 1.28. The normalized spacial score (nSPS) is 13.9. The Balaban J connectivity index is 1.45. The fourth-order valence-corrected chi connectivity index (χ4v) is 4.32. The Labute approximate surface area is 215 Å². The van der Waals surface area contributed by atoms with Crippen LogP contribution in [0.2, 0.25) is 0 Å². The molecule has 1 atom stereocenters. The Morgan fingerprint density at radius 3 is 2.70 bits per heavy atom. The lowest BCUT2D eigenvalue weighted by molar-refractivity contribution is -0.143. The summed E-state index contributed by atoms with van der Waals surface area (Å²) >= 11 is 0. The topological polar surface area (TPSA) is 110 Å². The quantitative estimate of drug-likeness (QED) is 0.343. The number of methoxy groups -OCH3 is 1. The minimum atomic E-state index is -1.59. The molecule has 1 aromatic heterocycles. The number of carboxylic acid groups (broad SMARTS) is 1. The molecule has 2 heterocycles. The maximum Gasteiger partial charge on any atom is 0.326 e. The molecule has 1 aliphatic heterocycles. The van der Waals surface area contributed by atoms with Gasteiger partial charge >= 0.3 is 5.97 Å². The van der Waals surface area contributed by atoms with Crippen molar-refractivity contribution in [3.63, 3.8) is 0 Å². The van der Waals surface area contributed by atoms with Gasteiger partial charge in [-0.15, -0.1) is 0 Å². The van der Waals surface area contributed by atoms with Crippen LogP contribution in [0.5, 0.6) is 5.75 Å². The maximum atomic E-state index is 14.6. The van der Waals surface area contributed by atoms with Crippen LogP contribution in [0.25, 0.3) is 0 Å². The zero-order valence-electron chi connectivity index (χ0n) is 21.5. The Morgan fingerprint density at radius 1 is 1.19 bits per heavy atom. The molecule has 1 amide bonds. The molecule has 0 spiro atoms. The van der Waals surface area contributed by atoms with Crippen molar-refractivity contribution in [3.8, 4) is 5.75 Å². The van der Waals surface area contributed by atoms with Gasteiger partial charge in [0.25, 0.3) is 0 Å². The SMILES string of the molecule is COc1ccc(F)c(F)c1C(C)(C)C(=O)N[C@@H](CCOCCCCc1ccc2c(n1)NCCC2)C(=O)O. The standard InChI is InChI=1S/C27H35F2N3O5/c1-27(2,22-21(36-3)12-11-19(28)23(22)29)26(35)32-20(25(33)34)13-16-37-15-5-4-8-18-10-9-17-7-6-14-30-24(17)31-18/h9-12,20H,4-8,13-16H2,1-3H3,(H,30,31)(H,32,35)(H,33,34)/t20-/m0/s1. The van der Waals surface area contributed by atoms with Gasteiger partial charge in [0, 0.05) is 37.4 Å². The monoisotopic (exact) mass is 519 g/mol. The van der Waals surface area contributed by atoms with Crippen molar-refractivity contribution in [1.29, 1.82) is 0 Å². The molecule has 202 valence electrons. The fraction of sp³-hybridized carbons (Fsp3) is 0.519. The van der Waals surface area contributed by atoms with Crippen LogP contribution in [0.4, 0.5) is 14.6 Å². The van der Waals surface area contributed by atoms with E-state index in [0.717, 1.165) is 56.2 Å². The summed E-state index contributed by atoms with van der Waals surface area (Å²) in [6.07, 6.45) is 4.67. The number of unbranched alkanes of at least 4 members (excludes halogenated alkanes) is 1. The number of fused-ring (bicyclic) bond motifs is 1. The van der Waals surface area contributed by atoms with Gasteiger partial charge in [-0.2, -0.15) is 0 Å². The van der Waals surface area contributed by atoms with E-state index >= 15 is 0 Å². The van der Waals surface area contributed by atoms with Crippen molar-refractivity contribution < 1.29 is 33.0 Å². The number of carboxylic acids is 1. The van der Waals surface area contributed by atoms with E-state index in [1.54, 1.807) is 0 Å². The molecule has 3 rings (SSSR count). The number of benzene rings is 1. The number of aliphatic carboxylic acids is 1. The summed E-state index contributed by atoms with van der Waals surface area (Å²) in [6.45, 7) is 4.27. The number of amides is 1. The number of pyridine rings is 1. The first-order valence-electron chi connectivity index (χ1n) is 12.5. The number of carbonyl (C=O) groups is 2. The largest absolute Gasteiger partial charge is 0.496 e. The Bertz CT molecular complexity index is 1110. The highest BCUT2D eigenvalue weighted by molar-refractivity contribution is 5.91. The van der Waals surface area contributed by atoms with E-state index in [1.807, 2.05) is 0 Å². The predicted octanol–water partition coefficient (Wildman–Crippen LogP) is 4.00. The van der Waals surface area contributed by atoms with Crippen LogP contribution in [0.3, 0.4) is 0 Å². The van der Waals surface area contributed by atoms with Crippen LogP contribution >= 0.6 is 0 Å². The van der Waals surface area contributed by atoms with Crippen molar-refractivity contribution in [2.75, 3.05) is 32.2 Å². The summed E-state index contributed by atoms with van der Waals surface area (Å²) in [4.78, 5) is 29.3. The zero-order valence-corrected chi connectivity index (χ0v) is 21.5. The molecule has 0 fully saturated rings. The van der Waals surface area contributed by atoms with Gasteiger partial charge < -0.3 is 25.2 Å². The first-order valence-corrected chi connectivity index (χ1v) is 12.5. The summed E-state index contributed by atoms with van der Waals surface area (Å²) in [5.41, 5.74) is 0.404. The number of anilines is 1. The van der Waals surface area contributed by atoms with Crippen LogP contribution in [0.15, 0.2) is 24.3 Å². The zero-order chi connectivity index (χ0) is 27.0. The highest BCUT2D eigenvalue weighted by Gasteiger charge is 2.38. The molecule has 0 saturated heterocycles. The third-order valence-electron chi connectivity index (χ3n) is 6.55. The summed E-state index contributed by atoms with van der Waals surface area (Å²) in [5.74, 6) is -3.38. The Hall–Kier alpha value is -3.27. The molecule has 10 heteroatoms. The van der Waals surface area contributed by atoms with E-state index < -0.39 is 35.0 Å². The number of rotatable bonds is 13. The van der Waals surface area contributed by atoms with Crippen molar-refractivity contribution in [1.82, 2.24) is 10.3 Å². The molecule has 0 saturated carbocycles. The number of hydrogen-bond donors (Lipinski definition) is 3. The molecule has 37 heavy (non-hydrogen) atoms. The van der Waals surface area contributed by atoms with Crippen LogP contribution in [0.1, 0.15) is 56.4 Å². The van der Waals surface area contributed by atoms with Gasteiger partial charge in [0.1, 0.15) is 17.6 Å². The molecule has 0 radical (unpaired) electrons. The van der Waals surface area contributed by atoms with Crippen LogP contribution in [0, 0.1) is 11.6 Å². The Kier molecular flexibility index (Phi) is 9.79. The predicted molar refractivity (Wildman–Crippen MR) is 135 cm³/mol. The van der Waals surface area contributed by atoms with Gasteiger partial charge in [0.05, 0.1) is 12.5 Å². The maximum absolute atomic E-state index is 14.6. The molecule has 8 nitrogen and oxygen atoms in total. The van der Waals surface area contributed by atoms with E-state index in [2.05, 4.69) is 27.8 Å². The molecule has 1 aromatic carbocycles. The van der Waals surface area contributed by atoms with Gasteiger partial charge in [0.15, 0.2) is 11.6 Å². The van der Waals surface area contributed by atoms with E-state index in [-0.39, 0.29) is 24.3 Å². The number of carbonyl (C=O) groups excluding carboxylic acids is 1. The first kappa shape index (κ1) is 28.3. The Morgan fingerprint density at radius 2 is 1.97 bits per heavy atom. The van der Waals surface area contributed by atoms with Gasteiger partial charge in [-0.3, -0.25) is 4.79 Å². The number of hydrogen-bond acceptors (Lipinski definition) is 6. The molecular formula is C27H35F2N3O5. The number of nitrogens with zero attached hydrogens (tertiary/aromatic N) is 1. The van der Waals surface area contributed by atoms with Crippen molar-refractivity contribution in [2.45, 2.75) is 63.8 Å². The molecule has 0 bridgehead atoms. The smallest absolute Gasteiger partial charge is 0.326 e. The summed E-state index contributed by atoms with van der Waals surface area (Å²) < 4.78 is 39.1. The van der Waals surface area contributed by atoms with Crippen molar-refractivity contribution in [2.24, 2.45) is 0 Å². The molecule has 3 N–H and O–H groups in total. The average Bonchev–Trinajstić information content (AvgIpc) is 2.88. The lowest BCUT2D eigenvalue weighted by Gasteiger charge is -2.28. The van der Waals surface area contributed by atoms with E-state index in [0.29, 0.717) is 6.61 Å². The molecule has 2 aromatic rings. The lowest BCUT2D eigenvalue weighted by atomic mass is 9.82. The van der Waals surface area contributed by atoms with Gasteiger partial charge in [-0.1, -0.05) is 6.07 Å². The highest BCUT2D eigenvalue weighted by atomic mass is 19.2. The number of nitrogens with one attached hydrogen (secondary N) is 2. The third-order valence-corrected chi connectivity index (χ3v) is 6.55. The van der Waals surface area contributed by atoms with Crippen LogP contribution < -0.4 is 15.4 Å². The van der Waals surface area contributed by atoms with E-state index in [4.69, 9.17) is 9.47 Å². The van der Waals surface area contributed by atoms with E-state index in [9.17, 15) is 23.5 Å².